The summed E-state index contributed by atoms with van der Waals surface area (Å²) in [5.41, 5.74) is 0. The van der Waals surface area contributed by atoms with E-state index in [1.54, 1.807) is 6.92 Å². The Bertz CT molecular complexity index is 137. The fourth-order valence-corrected chi connectivity index (χ4v) is 0.597. The van der Waals surface area contributed by atoms with Crippen LogP contribution in [0.2, 0.25) is 0 Å². The molecule has 0 rings (SSSR count). The van der Waals surface area contributed by atoms with Crippen LogP contribution < -0.4 is 0 Å². The number of aliphatic hydroxyl groups is 3. The van der Waals surface area contributed by atoms with Crippen LogP contribution in [-0.2, 0) is 9.53 Å². The Hall–Kier alpha value is -0.650. The lowest BCUT2D eigenvalue weighted by molar-refractivity contribution is -0.315. The van der Waals surface area contributed by atoms with Crippen molar-refractivity contribution in [2.45, 2.75) is 32.2 Å². The van der Waals surface area contributed by atoms with Crippen molar-refractivity contribution in [3.63, 3.8) is 0 Å². The lowest BCUT2D eigenvalue weighted by atomic mass is 10.3. The van der Waals surface area contributed by atoms with Gasteiger partial charge in [0.05, 0.1) is 6.61 Å². The van der Waals surface area contributed by atoms with Gasteiger partial charge in [-0.05, 0) is 6.42 Å². The summed E-state index contributed by atoms with van der Waals surface area (Å²) in [7, 11) is 0. The first-order chi connectivity index (χ1) is 5.45. The van der Waals surface area contributed by atoms with Gasteiger partial charge in [0, 0.05) is 12.8 Å². The van der Waals surface area contributed by atoms with Gasteiger partial charge >= 0.3 is 5.97 Å². The summed E-state index contributed by atoms with van der Waals surface area (Å²) in [5.74, 6) is -2.99. The van der Waals surface area contributed by atoms with E-state index in [0.717, 1.165) is 0 Å². The molecule has 72 valence electrons. The van der Waals surface area contributed by atoms with Gasteiger partial charge in [-0.15, -0.1) is 0 Å². The van der Waals surface area contributed by atoms with Gasteiger partial charge in [-0.1, -0.05) is 6.92 Å². The zero-order valence-electron chi connectivity index (χ0n) is 6.99. The second-order valence-corrected chi connectivity index (χ2v) is 2.45. The monoisotopic (exact) mass is 178 g/mol. The van der Waals surface area contributed by atoms with Gasteiger partial charge < -0.3 is 20.1 Å². The van der Waals surface area contributed by atoms with Gasteiger partial charge in [0.2, 0.25) is 0 Å². The van der Waals surface area contributed by atoms with E-state index in [9.17, 15) is 4.79 Å². The average Bonchev–Trinajstić information content (AvgIpc) is 1.96. The number of rotatable bonds is 5. The molecule has 0 aromatic heterocycles. The van der Waals surface area contributed by atoms with E-state index in [2.05, 4.69) is 4.74 Å². The van der Waals surface area contributed by atoms with Crippen LogP contribution >= 0.6 is 0 Å². The van der Waals surface area contributed by atoms with Crippen molar-refractivity contribution in [1.82, 2.24) is 0 Å². The molecule has 0 aromatic rings. The van der Waals surface area contributed by atoms with Crippen molar-refractivity contribution in [2.75, 3.05) is 6.61 Å². The second kappa shape index (κ2) is 5.08. The van der Waals surface area contributed by atoms with Crippen molar-refractivity contribution in [3.05, 3.63) is 0 Å². The third-order valence-corrected chi connectivity index (χ3v) is 1.21. The van der Waals surface area contributed by atoms with Gasteiger partial charge in [0.15, 0.2) is 0 Å². The Balaban J connectivity index is 3.28. The molecule has 12 heavy (non-hydrogen) atoms. The first-order valence-corrected chi connectivity index (χ1v) is 3.78. The molecular formula is C7H14O5. The maximum atomic E-state index is 10.5. The highest BCUT2D eigenvalue weighted by atomic mass is 16.7. The van der Waals surface area contributed by atoms with E-state index in [1.165, 1.54) is 0 Å². The van der Waals surface area contributed by atoms with Crippen LogP contribution in [0.3, 0.4) is 0 Å². The van der Waals surface area contributed by atoms with E-state index >= 15 is 0 Å². The summed E-state index contributed by atoms with van der Waals surface area (Å²) in [5, 5.41) is 25.2. The Morgan fingerprint density at radius 1 is 1.42 bits per heavy atom. The molecule has 5 nitrogen and oxygen atoms in total. The summed E-state index contributed by atoms with van der Waals surface area (Å²) in [4.78, 5) is 10.5. The van der Waals surface area contributed by atoms with Crippen LogP contribution in [-0.4, -0.2) is 33.9 Å². The Morgan fingerprint density at radius 2 is 2.00 bits per heavy atom. The van der Waals surface area contributed by atoms with Crippen molar-refractivity contribution in [1.29, 1.82) is 0 Å². The molecule has 0 aromatic carbocycles. The van der Waals surface area contributed by atoms with Crippen LogP contribution in [0.15, 0.2) is 0 Å². The topological polar surface area (TPSA) is 87.0 Å². The minimum absolute atomic E-state index is 0.0934. The van der Waals surface area contributed by atoms with Gasteiger partial charge in [-0.2, -0.15) is 0 Å². The zero-order valence-corrected chi connectivity index (χ0v) is 6.99. The van der Waals surface area contributed by atoms with Gasteiger partial charge in [-0.25, -0.2) is 0 Å². The predicted octanol–water partition coefficient (Wildman–Crippen LogP) is -0.649. The fourth-order valence-electron chi connectivity index (χ4n) is 0.597. The van der Waals surface area contributed by atoms with Crippen LogP contribution in [0.4, 0.5) is 0 Å². The smallest absolute Gasteiger partial charge is 0.305 e. The number of ether oxygens (including phenoxy) is 1. The number of carbonyl (C=O) groups is 1. The van der Waals surface area contributed by atoms with Gasteiger partial charge in [-0.3, -0.25) is 4.79 Å². The highest BCUT2D eigenvalue weighted by Gasteiger charge is 2.16. The summed E-state index contributed by atoms with van der Waals surface area (Å²) >= 11 is 0. The lowest BCUT2D eigenvalue weighted by Crippen LogP contribution is -2.27. The van der Waals surface area contributed by atoms with E-state index in [1.807, 2.05) is 0 Å². The minimum atomic E-state index is -2.65. The summed E-state index contributed by atoms with van der Waals surface area (Å²) in [6.45, 7) is 1.76. The Kier molecular flexibility index (Phi) is 4.80. The fraction of sp³-hybridized carbons (Fsp3) is 0.857. The molecule has 3 N–H and O–H groups in total. The molecule has 0 fully saturated rings. The van der Waals surface area contributed by atoms with E-state index < -0.39 is 5.97 Å². The highest BCUT2D eigenvalue weighted by Crippen LogP contribution is 2.04. The first-order valence-electron chi connectivity index (χ1n) is 3.78. The van der Waals surface area contributed by atoms with Crippen LogP contribution in [0.25, 0.3) is 0 Å². The SMILES string of the molecule is CCC(=O)OCCCC(O)(O)O. The predicted molar refractivity (Wildman–Crippen MR) is 39.9 cm³/mol. The van der Waals surface area contributed by atoms with Crippen LogP contribution in [0.1, 0.15) is 26.2 Å². The number of hydrogen-bond donors (Lipinski definition) is 3. The van der Waals surface area contributed by atoms with Gasteiger partial charge in [0.25, 0.3) is 5.97 Å². The van der Waals surface area contributed by atoms with E-state index in [-0.39, 0.29) is 25.4 Å². The second-order valence-electron chi connectivity index (χ2n) is 2.45. The third kappa shape index (κ3) is 7.46. The van der Waals surface area contributed by atoms with Gasteiger partial charge in [0.1, 0.15) is 0 Å². The van der Waals surface area contributed by atoms with E-state index in [4.69, 9.17) is 15.3 Å². The molecule has 0 bridgehead atoms. The molecule has 0 radical (unpaired) electrons. The van der Waals surface area contributed by atoms with E-state index in [0.29, 0.717) is 6.42 Å². The summed E-state index contributed by atoms with van der Waals surface area (Å²) < 4.78 is 4.61. The lowest BCUT2D eigenvalue weighted by Gasteiger charge is -2.12. The molecule has 0 aliphatic heterocycles. The summed E-state index contributed by atoms with van der Waals surface area (Å²) in [6, 6.07) is 0. The third-order valence-electron chi connectivity index (χ3n) is 1.21. The maximum Gasteiger partial charge on any atom is 0.305 e. The average molecular weight is 178 g/mol. The zero-order chi connectivity index (χ0) is 9.61. The van der Waals surface area contributed by atoms with Crippen LogP contribution in [0.5, 0.6) is 0 Å². The summed E-state index contributed by atoms with van der Waals surface area (Å²) in [6.07, 6.45) is 0.280. The van der Waals surface area contributed by atoms with Crippen molar-refractivity contribution >= 4 is 5.97 Å². The van der Waals surface area contributed by atoms with Crippen molar-refractivity contribution in [2.24, 2.45) is 0 Å². The quantitative estimate of drug-likeness (QED) is 0.296. The molecule has 0 atom stereocenters. The molecular weight excluding hydrogens is 164 g/mol. The maximum absolute atomic E-state index is 10.5. The van der Waals surface area contributed by atoms with Crippen molar-refractivity contribution in [3.8, 4) is 0 Å². The normalized spacial score (nSPS) is 11.3. The molecule has 0 saturated heterocycles. The Labute approximate surface area is 70.6 Å². The number of carbonyl (C=O) groups excluding carboxylic acids is 1. The number of esters is 1. The van der Waals surface area contributed by atoms with Crippen molar-refractivity contribution < 1.29 is 24.9 Å². The number of hydrogen-bond acceptors (Lipinski definition) is 5. The molecule has 0 heterocycles. The molecule has 0 aliphatic carbocycles. The first kappa shape index (κ1) is 11.4. The molecule has 0 saturated carbocycles. The molecule has 0 aliphatic rings. The Morgan fingerprint density at radius 3 is 2.42 bits per heavy atom. The standard InChI is InChI=1S/C7H14O5/c1-2-6(8)12-5-3-4-7(9,10)11/h9-11H,2-5H2,1H3. The molecule has 0 unspecified atom stereocenters. The van der Waals surface area contributed by atoms with Crippen LogP contribution in [0, 0.1) is 0 Å². The largest absolute Gasteiger partial charge is 0.466 e. The minimum Gasteiger partial charge on any atom is -0.466 e. The molecule has 0 spiro atoms. The molecule has 0 amide bonds. The highest BCUT2D eigenvalue weighted by molar-refractivity contribution is 5.68. The molecule has 5 heteroatoms.